The molecule has 0 radical (unpaired) electrons. The molecular weight excluding hydrogens is 328 g/mol. The number of nitrogens with one attached hydrogen (secondary N) is 1. The van der Waals surface area contributed by atoms with Crippen molar-refractivity contribution in [1.29, 1.82) is 0 Å². The molecule has 1 amide bonds. The van der Waals surface area contributed by atoms with E-state index in [2.05, 4.69) is 10.3 Å². The summed E-state index contributed by atoms with van der Waals surface area (Å²) in [5.74, 6) is 0.826. The molecule has 128 valence electrons. The molecule has 1 aliphatic carbocycles. The molecular formula is C18H21ClN2O3. The molecule has 3 rings (SSSR count). The van der Waals surface area contributed by atoms with Gasteiger partial charge in [0.25, 0.3) is 0 Å². The van der Waals surface area contributed by atoms with E-state index in [1.54, 1.807) is 12.1 Å². The molecule has 1 fully saturated rings. The molecule has 1 saturated carbocycles. The van der Waals surface area contributed by atoms with Gasteiger partial charge in [0.2, 0.25) is 11.8 Å². The van der Waals surface area contributed by atoms with Crippen LogP contribution in [0.3, 0.4) is 0 Å². The molecule has 2 aromatic rings. The highest BCUT2D eigenvalue weighted by molar-refractivity contribution is 6.30. The number of carbonyl (C=O) groups excluding carboxylic acids is 1. The molecule has 6 heteroatoms. The van der Waals surface area contributed by atoms with Crippen molar-refractivity contribution in [2.45, 2.75) is 38.1 Å². The molecule has 0 atom stereocenters. The fourth-order valence-corrected chi connectivity index (χ4v) is 3.17. The largest absolute Gasteiger partial charge is 0.444 e. The van der Waals surface area contributed by atoms with Crippen molar-refractivity contribution < 1.29 is 14.3 Å². The SMILES string of the molecule is O=C(Cc1coc(-c2ccc(Cl)cc2)n1)NC1CCC(CO)CC1. The minimum atomic E-state index is -0.0431. The molecule has 0 unspecified atom stereocenters. The van der Waals surface area contributed by atoms with Crippen molar-refractivity contribution in [2.75, 3.05) is 6.61 Å². The van der Waals surface area contributed by atoms with E-state index in [1.807, 2.05) is 12.1 Å². The van der Waals surface area contributed by atoms with E-state index in [-0.39, 0.29) is 25.0 Å². The highest BCUT2D eigenvalue weighted by atomic mass is 35.5. The van der Waals surface area contributed by atoms with Crippen LogP contribution >= 0.6 is 11.6 Å². The van der Waals surface area contributed by atoms with Crippen molar-refractivity contribution in [2.24, 2.45) is 5.92 Å². The van der Waals surface area contributed by atoms with Gasteiger partial charge in [0, 0.05) is 23.2 Å². The number of carbonyl (C=O) groups is 1. The fraction of sp³-hybridized carbons (Fsp3) is 0.444. The summed E-state index contributed by atoms with van der Waals surface area (Å²) in [6.07, 6.45) is 5.50. The maximum Gasteiger partial charge on any atom is 0.226 e. The minimum Gasteiger partial charge on any atom is -0.444 e. The Balaban J connectivity index is 1.53. The third-order valence-electron chi connectivity index (χ3n) is 4.45. The van der Waals surface area contributed by atoms with Gasteiger partial charge in [0.05, 0.1) is 12.1 Å². The van der Waals surface area contributed by atoms with Crippen molar-refractivity contribution in [3.63, 3.8) is 0 Å². The zero-order chi connectivity index (χ0) is 16.9. The van der Waals surface area contributed by atoms with Crippen LogP contribution in [0, 0.1) is 5.92 Å². The molecule has 0 aliphatic heterocycles. The van der Waals surface area contributed by atoms with Crippen LogP contribution in [0.15, 0.2) is 34.9 Å². The second-order valence-corrected chi connectivity index (χ2v) is 6.73. The number of aliphatic hydroxyl groups is 1. The predicted octanol–water partition coefficient (Wildman–Crippen LogP) is 3.20. The number of amides is 1. The summed E-state index contributed by atoms with van der Waals surface area (Å²) in [7, 11) is 0. The van der Waals surface area contributed by atoms with E-state index in [1.165, 1.54) is 6.26 Å². The van der Waals surface area contributed by atoms with Gasteiger partial charge in [-0.1, -0.05) is 11.6 Å². The van der Waals surface area contributed by atoms with Crippen LogP contribution in [0.1, 0.15) is 31.4 Å². The Morgan fingerprint density at radius 2 is 1.96 bits per heavy atom. The van der Waals surface area contributed by atoms with Crippen molar-refractivity contribution in [1.82, 2.24) is 10.3 Å². The average Bonchev–Trinajstić information content (AvgIpc) is 3.04. The molecule has 1 aromatic heterocycles. The topological polar surface area (TPSA) is 75.4 Å². The summed E-state index contributed by atoms with van der Waals surface area (Å²) in [4.78, 5) is 16.5. The summed E-state index contributed by atoms with van der Waals surface area (Å²) >= 11 is 5.87. The quantitative estimate of drug-likeness (QED) is 0.870. The first kappa shape index (κ1) is 17.0. The predicted molar refractivity (Wildman–Crippen MR) is 91.6 cm³/mol. The molecule has 5 nitrogen and oxygen atoms in total. The molecule has 1 heterocycles. The smallest absolute Gasteiger partial charge is 0.226 e. The van der Waals surface area contributed by atoms with Gasteiger partial charge < -0.3 is 14.8 Å². The normalized spacial score (nSPS) is 20.8. The molecule has 0 saturated heterocycles. The second-order valence-electron chi connectivity index (χ2n) is 6.30. The van der Waals surface area contributed by atoms with Gasteiger partial charge >= 0.3 is 0 Å². The van der Waals surface area contributed by atoms with Gasteiger partial charge in [-0.05, 0) is 55.9 Å². The Bertz CT molecular complexity index is 676. The third-order valence-corrected chi connectivity index (χ3v) is 4.71. The Labute approximate surface area is 146 Å². The van der Waals surface area contributed by atoms with Gasteiger partial charge in [-0.15, -0.1) is 0 Å². The van der Waals surface area contributed by atoms with E-state index in [0.717, 1.165) is 31.2 Å². The summed E-state index contributed by atoms with van der Waals surface area (Å²) in [5.41, 5.74) is 1.44. The lowest BCUT2D eigenvalue weighted by molar-refractivity contribution is -0.121. The number of hydrogen-bond acceptors (Lipinski definition) is 4. The highest BCUT2D eigenvalue weighted by Gasteiger charge is 2.22. The Kier molecular flexibility index (Phi) is 5.53. The second kappa shape index (κ2) is 7.81. The molecule has 2 N–H and O–H groups in total. The first-order valence-corrected chi connectivity index (χ1v) is 8.62. The van der Waals surface area contributed by atoms with Crippen LogP contribution in [0.5, 0.6) is 0 Å². The Morgan fingerprint density at radius 1 is 1.25 bits per heavy atom. The number of benzene rings is 1. The lowest BCUT2D eigenvalue weighted by Gasteiger charge is -2.27. The molecule has 24 heavy (non-hydrogen) atoms. The first-order chi connectivity index (χ1) is 11.6. The van der Waals surface area contributed by atoms with Crippen LogP contribution in [-0.4, -0.2) is 28.6 Å². The average molecular weight is 349 g/mol. The summed E-state index contributed by atoms with van der Waals surface area (Å²) in [6, 6.07) is 7.41. The van der Waals surface area contributed by atoms with Crippen molar-refractivity contribution in [3.05, 3.63) is 41.2 Å². The van der Waals surface area contributed by atoms with Gasteiger partial charge in [0.15, 0.2) is 0 Å². The van der Waals surface area contributed by atoms with Crippen LogP contribution in [0.25, 0.3) is 11.5 Å². The minimum absolute atomic E-state index is 0.0431. The van der Waals surface area contributed by atoms with Crippen LogP contribution in [0.4, 0.5) is 0 Å². The third kappa shape index (κ3) is 4.36. The van der Waals surface area contributed by atoms with Crippen LogP contribution in [0.2, 0.25) is 5.02 Å². The number of aliphatic hydroxyl groups excluding tert-OH is 1. The monoisotopic (exact) mass is 348 g/mol. The summed E-state index contributed by atoms with van der Waals surface area (Å²) in [5, 5.41) is 12.9. The first-order valence-electron chi connectivity index (χ1n) is 8.24. The fourth-order valence-electron chi connectivity index (χ4n) is 3.05. The van der Waals surface area contributed by atoms with Gasteiger partial charge in [-0.2, -0.15) is 0 Å². The van der Waals surface area contributed by atoms with Gasteiger partial charge in [-0.3, -0.25) is 4.79 Å². The lowest BCUT2D eigenvalue weighted by atomic mass is 9.86. The van der Waals surface area contributed by atoms with Crippen LogP contribution in [-0.2, 0) is 11.2 Å². The number of oxazole rings is 1. The van der Waals surface area contributed by atoms with Crippen LogP contribution < -0.4 is 5.32 Å². The number of aromatic nitrogens is 1. The Morgan fingerprint density at radius 3 is 2.62 bits per heavy atom. The van der Waals surface area contributed by atoms with Crippen molar-refractivity contribution >= 4 is 17.5 Å². The standard InChI is InChI=1S/C18H21ClN2O3/c19-14-5-3-13(4-6-14)18-21-16(11-24-18)9-17(23)20-15-7-1-12(10-22)2-8-15/h3-6,11-12,15,22H,1-2,7-10H2,(H,20,23). The number of halogens is 1. The molecule has 0 spiro atoms. The van der Waals surface area contributed by atoms with Gasteiger partial charge in [-0.25, -0.2) is 4.98 Å². The Hall–Kier alpha value is -1.85. The summed E-state index contributed by atoms with van der Waals surface area (Å²) in [6.45, 7) is 0.243. The van der Waals surface area contributed by atoms with E-state index in [4.69, 9.17) is 21.1 Å². The van der Waals surface area contributed by atoms with Crippen molar-refractivity contribution in [3.8, 4) is 11.5 Å². The van der Waals surface area contributed by atoms with E-state index >= 15 is 0 Å². The number of hydrogen-bond donors (Lipinski definition) is 2. The maximum absolute atomic E-state index is 12.2. The maximum atomic E-state index is 12.2. The highest BCUT2D eigenvalue weighted by Crippen LogP contribution is 2.24. The molecule has 0 bridgehead atoms. The van der Waals surface area contributed by atoms with E-state index in [9.17, 15) is 4.79 Å². The zero-order valence-electron chi connectivity index (χ0n) is 13.4. The number of nitrogens with zero attached hydrogens (tertiary/aromatic N) is 1. The summed E-state index contributed by atoms with van der Waals surface area (Å²) < 4.78 is 5.45. The lowest BCUT2D eigenvalue weighted by Crippen LogP contribution is -2.38. The van der Waals surface area contributed by atoms with Gasteiger partial charge in [0.1, 0.15) is 6.26 Å². The zero-order valence-corrected chi connectivity index (χ0v) is 14.1. The molecule has 1 aliphatic rings. The molecule has 1 aromatic carbocycles. The van der Waals surface area contributed by atoms with E-state index < -0.39 is 0 Å². The van der Waals surface area contributed by atoms with E-state index in [0.29, 0.717) is 22.5 Å². The number of rotatable bonds is 5.